The SMILES string of the molecule is COc1ccc(/C=N\N(CC(=O)O)C(=O)[C@H](C)CS)cc1. The summed E-state index contributed by atoms with van der Waals surface area (Å²) in [4.78, 5) is 22.8. The number of carbonyl (C=O) groups is 2. The van der Waals surface area contributed by atoms with Crippen LogP contribution >= 0.6 is 12.6 Å². The van der Waals surface area contributed by atoms with Gasteiger partial charge in [-0.05, 0) is 29.8 Å². The highest BCUT2D eigenvalue weighted by Crippen LogP contribution is 2.10. The van der Waals surface area contributed by atoms with Crippen molar-refractivity contribution in [1.29, 1.82) is 0 Å². The Bertz CT molecular complexity index is 516. The van der Waals surface area contributed by atoms with Crippen LogP contribution in [-0.4, -0.2) is 47.6 Å². The standard InChI is InChI=1S/C14H18N2O4S/c1-10(9-21)14(19)16(8-13(17)18)15-7-11-3-5-12(20-2)6-4-11/h3-7,10,21H,8-9H2,1-2H3,(H,17,18)/b15-7-/t10-/m1/s1. The Morgan fingerprint density at radius 3 is 2.52 bits per heavy atom. The van der Waals surface area contributed by atoms with Gasteiger partial charge < -0.3 is 9.84 Å². The van der Waals surface area contributed by atoms with E-state index in [1.807, 2.05) is 0 Å². The zero-order chi connectivity index (χ0) is 15.8. The Labute approximate surface area is 128 Å². The fourth-order valence-electron chi connectivity index (χ4n) is 1.46. The fourth-order valence-corrected chi connectivity index (χ4v) is 1.62. The van der Waals surface area contributed by atoms with E-state index in [-0.39, 0.29) is 5.91 Å². The Morgan fingerprint density at radius 1 is 1.43 bits per heavy atom. The zero-order valence-corrected chi connectivity index (χ0v) is 12.8. The molecule has 0 heterocycles. The molecule has 6 nitrogen and oxygen atoms in total. The minimum Gasteiger partial charge on any atom is -0.497 e. The van der Waals surface area contributed by atoms with Gasteiger partial charge in [-0.25, -0.2) is 5.01 Å². The van der Waals surface area contributed by atoms with Gasteiger partial charge in [0.15, 0.2) is 0 Å². The van der Waals surface area contributed by atoms with Gasteiger partial charge in [0.05, 0.1) is 13.3 Å². The first-order valence-corrected chi connectivity index (χ1v) is 6.93. The Balaban J connectivity index is 2.85. The van der Waals surface area contributed by atoms with Crippen molar-refractivity contribution in [1.82, 2.24) is 5.01 Å². The van der Waals surface area contributed by atoms with Gasteiger partial charge >= 0.3 is 5.97 Å². The second kappa shape index (κ2) is 8.31. The number of hydrogen-bond donors (Lipinski definition) is 2. The van der Waals surface area contributed by atoms with E-state index >= 15 is 0 Å². The molecule has 0 bridgehead atoms. The summed E-state index contributed by atoms with van der Waals surface area (Å²) in [6.07, 6.45) is 1.44. The predicted octanol–water partition coefficient (Wildman–Crippen LogP) is 1.51. The Kier molecular flexibility index (Phi) is 6.74. The lowest BCUT2D eigenvalue weighted by molar-refractivity contribution is -0.145. The van der Waals surface area contributed by atoms with Crippen molar-refractivity contribution >= 4 is 30.7 Å². The van der Waals surface area contributed by atoms with Gasteiger partial charge in [0, 0.05) is 11.7 Å². The first-order chi connectivity index (χ1) is 9.97. The lowest BCUT2D eigenvalue weighted by Gasteiger charge is -2.18. The summed E-state index contributed by atoms with van der Waals surface area (Å²) in [6, 6.07) is 7.02. The van der Waals surface area contributed by atoms with E-state index in [4.69, 9.17) is 9.84 Å². The van der Waals surface area contributed by atoms with E-state index in [9.17, 15) is 9.59 Å². The highest BCUT2D eigenvalue weighted by Gasteiger charge is 2.20. The van der Waals surface area contributed by atoms with Crippen LogP contribution < -0.4 is 4.74 Å². The number of hydrazone groups is 1. The van der Waals surface area contributed by atoms with Crippen molar-refractivity contribution < 1.29 is 19.4 Å². The number of carboxylic acids is 1. The molecule has 1 N–H and O–H groups in total. The molecule has 1 rings (SSSR count). The average Bonchev–Trinajstić information content (AvgIpc) is 2.50. The number of nitrogens with zero attached hydrogens (tertiary/aromatic N) is 2. The van der Waals surface area contributed by atoms with Crippen LogP contribution in [0.1, 0.15) is 12.5 Å². The maximum absolute atomic E-state index is 12.0. The fraction of sp³-hybridized carbons (Fsp3) is 0.357. The Hall–Kier alpha value is -2.02. The number of benzene rings is 1. The molecule has 0 aliphatic heterocycles. The summed E-state index contributed by atoms with van der Waals surface area (Å²) < 4.78 is 5.04. The highest BCUT2D eigenvalue weighted by molar-refractivity contribution is 7.80. The molecule has 7 heteroatoms. The molecule has 21 heavy (non-hydrogen) atoms. The molecule has 0 aliphatic carbocycles. The summed E-state index contributed by atoms with van der Waals surface area (Å²) >= 11 is 4.04. The van der Waals surface area contributed by atoms with Crippen LogP contribution in [0.5, 0.6) is 5.75 Å². The number of hydrogen-bond acceptors (Lipinski definition) is 5. The molecule has 0 radical (unpaired) electrons. The van der Waals surface area contributed by atoms with E-state index in [2.05, 4.69) is 17.7 Å². The second-order valence-electron chi connectivity index (χ2n) is 4.39. The summed E-state index contributed by atoms with van der Waals surface area (Å²) in [5, 5.41) is 13.7. The summed E-state index contributed by atoms with van der Waals surface area (Å²) in [7, 11) is 1.56. The monoisotopic (exact) mass is 310 g/mol. The minimum absolute atomic E-state index is 0.326. The third-order valence-corrected chi connectivity index (χ3v) is 3.24. The molecule has 0 saturated heterocycles. The molecule has 0 aliphatic rings. The van der Waals surface area contributed by atoms with Crippen molar-refractivity contribution in [3.8, 4) is 5.75 Å². The maximum atomic E-state index is 12.0. The van der Waals surface area contributed by atoms with Crippen LogP contribution in [0.25, 0.3) is 0 Å². The Morgan fingerprint density at radius 2 is 2.05 bits per heavy atom. The van der Waals surface area contributed by atoms with E-state index in [0.717, 1.165) is 10.6 Å². The van der Waals surface area contributed by atoms with Crippen molar-refractivity contribution in [2.75, 3.05) is 19.4 Å². The first-order valence-electron chi connectivity index (χ1n) is 6.30. The zero-order valence-electron chi connectivity index (χ0n) is 11.9. The van der Waals surface area contributed by atoms with Crippen LogP contribution in [0, 0.1) is 5.92 Å². The molecular formula is C14H18N2O4S. The van der Waals surface area contributed by atoms with Gasteiger partial charge in [0.1, 0.15) is 12.3 Å². The van der Waals surface area contributed by atoms with Crippen molar-refractivity contribution in [2.24, 2.45) is 11.0 Å². The molecule has 0 spiro atoms. The molecule has 1 aromatic rings. The van der Waals surface area contributed by atoms with Gasteiger partial charge in [-0.1, -0.05) is 6.92 Å². The lowest BCUT2D eigenvalue weighted by atomic mass is 10.2. The van der Waals surface area contributed by atoms with E-state index in [1.165, 1.54) is 6.21 Å². The molecule has 1 amide bonds. The minimum atomic E-state index is -1.12. The highest BCUT2D eigenvalue weighted by atomic mass is 32.1. The maximum Gasteiger partial charge on any atom is 0.325 e. The molecule has 0 unspecified atom stereocenters. The first kappa shape index (κ1) is 17.0. The van der Waals surface area contributed by atoms with Crippen LogP contribution in [-0.2, 0) is 9.59 Å². The van der Waals surface area contributed by atoms with Crippen LogP contribution in [0.15, 0.2) is 29.4 Å². The van der Waals surface area contributed by atoms with Gasteiger partial charge in [0.25, 0.3) is 0 Å². The number of carbonyl (C=O) groups excluding carboxylic acids is 1. The molecule has 114 valence electrons. The topological polar surface area (TPSA) is 79.2 Å². The molecular weight excluding hydrogens is 292 g/mol. The van der Waals surface area contributed by atoms with Crippen LogP contribution in [0.4, 0.5) is 0 Å². The average molecular weight is 310 g/mol. The smallest absolute Gasteiger partial charge is 0.325 e. The van der Waals surface area contributed by atoms with E-state index in [1.54, 1.807) is 38.3 Å². The largest absolute Gasteiger partial charge is 0.497 e. The summed E-state index contributed by atoms with van der Waals surface area (Å²) in [5.74, 6) is -0.874. The van der Waals surface area contributed by atoms with Crippen LogP contribution in [0.2, 0.25) is 0 Å². The van der Waals surface area contributed by atoms with E-state index in [0.29, 0.717) is 11.5 Å². The number of rotatable bonds is 7. The number of aliphatic carboxylic acids is 1. The van der Waals surface area contributed by atoms with Crippen LogP contribution in [0.3, 0.4) is 0 Å². The molecule has 1 aromatic carbocycles. The number of thiol groups is 1. The molecule has 1 atom stereocenters. The van der Waals surface area contributed by atoms with E-state index < -0.39 is 18.4 Å². The third-order valence-electron chi connectivity index (χ3n) is 2.70. The molecule has 0 aromatic heterocycles. The third kappa shape index (κ3) is 5.47. The van der Waals surface area contributed by atoms with Crippen molar-refractivity contribution in [3.63, 3.8) is 0 Å². The molecule has 0 fully saturated rings. The van der Waals surface area contributed by atoms with Crippen molar-refractivity contribution in [2.45, 2.75) is 6.92 Å². The van der Waals surface area contributed by atoms with Gasteiger partial charge in [-0.15, -0.1) is 0 Å². The normalized spacial score (nSPS) is 12.1. The lowest BCUT2D eigenvalue weighted by Crippen LogP contribution is -2.35. The summed E-state index contributed by atoms with van der Waals surface area (Å²) in [5.41, 5.74) is 0.734. The molecule has 0 saturated carbocycles. The second-order valence-corrected chi connectivity index (χ2v) is 4.76. The summed E-state index contributed by atoms with van der Waals surface area (Å²) in [6.45, 7) is 1.19. The number of methoxy groups -OCH3 is 1. The quantitative estimate of drug-likeness (QED) is 0.454. The number of amides is 1. The number of ether oxygens (including phenoxy) is 1. The van der Waals surface area contributed by atoms with Gasteiger partial charge in [-0.2, -0.15) is 17.7 Å². The van der Waals surface area contributed by atoms with Crippen molar-refractivity contribution in [3.05, 3.63) is 29.8 Å². The predicted molar refractivity (Wildman–Crippen MR) is 83.0 cm³/mol. The number of carboxylic acid groups (broad SMARTS) is 1. The van der Waals surface area contributed by atoms with Gasteiger partial charge in [0.2, 0.25) is 5.91 Å². The van der Waals surface area contributed by atoms with Gasteiger partial charge in [-0.3, -0.25) is 9.59 Å².